The van der Waals surface area contributed by atoms with Gasteiger partial charge in [0.15, 0.2) is 0 Å². The largest absolute Gasteiger partial charge is 0.508 e. The summed E-state index contributed by atoms with van der Waals surface area (Å²) in [4.78, 5) is 14.2. The number of ether oxygens (including phenoxy) is 1. The van der Waals surface area contributed by atoms with E-state index in [1.54, 1.807) is 25.1 Å². The summed E-state index contributed by atoms with van der Waals surface area (Å²) in [5, 5.41) is 10.8. The molecule has 0 aliphatic carbocycles. The number of piperidine rings is 1. The number of phenolic OH excluding ortho intramolecular Hbond substituents is 1. The van der Waals surface area contributed by atoms with Crippen LogP contribution in [-0.2, 0) is 9.53 Å². The lowest BCUT2D eigenvalue weighted by atomic mass is 9.90. The molecule has 150 valence electrons. The Morgan fingerprint density at radius 1 is 1.14 bits per heavy atom. The van der Waals surface area contributed by atoms with Crippen LogP contribution in [0.3, 0.4) is 0 Å². The van der Waals surface area contributed by atoms with Gasteiger partial charge in [0.1, 0.15) is 11.6 Å². The Bertz CT molecular complexity index is 813. The van der Waals surface area contributed by atoms with Gasteiger partial charge in [-0.15, -0.1) is 0 Å². The van der Waals surface area contributed by atoms with Crippen molar-refractivity contribution in [1.29, 1.82) is 0 Å². The van der Waals surface area contributed by atoms with Crippen LogP contribution in [0, 0.1) is 11.7 Å². The Labute approximate surface area is 165 Å². The summed E-state index contributed by atoms with van der Waals surface area (Å²) in [6.07, 6.45) is 2.19. The number of methoxy groups -OCH3 is 1. The van der Waals surface area contributed by atoms with Crippen LogP contribution in [0.25, 0.3) is 0 Å². The molecule has 1 fully saturated rings. The van der Waals surface area contributed by atoms with E-state index >= 15 is 0 Å². The van der Waals surface area contributed by atoms with Crippen molar-refractivity contribution >= 4 is 5.97 Å². The van der Waals surface area contributed by atoms with Gasteiger partial charge in [0, 0.05) is 5.56 Å². The summed E-state index contributed by atoms with van der Waals surface area (Å²) in [5.74, 6) is -0.248. The summed E-state index contributed by atoms with van der Waals surface area (Å²) in [6.45, 7) is 5.85. The molecule has 5 heteroatoms. The zero-order chi connectivity index (χ0) is 20.3. The third kappa shape index (κ3) is 4.36. The highest BCUT2D eigenvalue weighted by atomic mass is 19.1. The van der Waals surface area contributed by atoms with Crippen LogP contribution in [0.2, 0.25) is 0 Å². The van der Waals surface area contributed by atoms with Crippen molar-refractivity contribution in [2.45, 2.75) is 38.6 Å². The summed E-state index contributed by atoms with van der Waals surface area (Å²) in [5.41, 5.74) is 2.42. The fraction of sp³-hybridized carbons (Fsp3) is 0.435. The van der Waals surface area contributed by atoms with Gasteiger partial charge in [0.25, 0.3) is 0 Å². The van der Waals surface area contributed by atoms with Crippen molar-refractivity contribution in [3.8, 4) is 5.75 Å². The molecule has 1 saturated heterocycles. The Kier molecular flexibility index (Phi) is 6.35. The molecule has 28 heavy (non-hydrogen) atoms. The van der Waals surface area contributed by atoms with Gasteiger partial charge in [0.2, 0.25) is 0 Å². The van der Waals surface area contributed by atoms with Gasteiger partial charge in [-0.2, -0.15) is 0 Å². The van der Waals surface area contributed by atoms with Crippen LogP contribution in [0.1, 0.15) is 55.3 Å². The Morgan fingerprint density at radius 3 is 2.32 bits per heavy atom. The van der Waals surface area contributed by atoms with E-state index in [1.165, 1.54) is 19.2 Å². The molecule has 4 nitrogen and oxygen atoms in total. The maximum atomic E-state index is 13.5. The molecule has 0 spiro atoms. The Balaban J connectivity index is 1.98. The first-order valence-electron chi connectivity index (χ1n) is 9.81. The average Bonchev–Trinajstić information content (AvgIpc) is 2.70. The van der Waals surface area contributed by atoms with Crippen molar-refractivity contribution in [3.63, 3.8) is 0 Å². The third-order valence-electron chi connectivity index (χ3n) is 5.77. The number of hydrogen-bond donors (Lipinski definition) is 1. The number of carbonyl (C=O) groups is 1. The minimum atomic E-state index is -0.454. The predicted octanol–water partition coefficient (Wildman–Crippen LogP) is 4.63. The number of aromatic hydroxyl groups is 1. The second-order valence-corrected chi connectivity index (χ2v) is 7.74. The standard InChI is InChI=1S/C23H28FNO3/c1-15-10-12-25(13-11-15)22(17-4-7-19(24)8-5-17)20-9-6-18(14-21(20)26)16(2)23(27)28-3/h4-9,14-16,22,26H,10-13H2,1-3H3. The van der Waals surface area contributed by atoms with Crippen LogP contribution >= 0.6 is 0 Å². The van der Waals surface area contributed by atoms with Gasteiger partial charge in [-0.1, -0.05) is 31.2 Å². The smallest absolute Gasteiger partial charge is 0.312 e. The number of carbonyl (C=O) groups excluding carboxylic acids is 1. The highest BCUT2D eigenvalue weighted by Gasteiger charge is 2.28. The molecule has 1 aliphatic heterocycles. The Morgan fingerprint density at radius 2 is 1.75 bits per heavy atom. The molecule has 0 aromatic heterocycles. The first kappa shape index (κ1) is 20.3. The fourth-order valence-electron chi connectivity index (χ4n) is 3.89. The molecular formula is C23H28FNO3. The predicted molar refractivity (Wildman–Crippen MR) is 107 cm³/mol. The van der Waals surface area contributed by atoms with E-state index in [1.807, 2.05) is 12.1 Å². The fourth-order valence-corrected chi connectivity index (χ4v) is 3.89. The zero-order valence-electron chi connectivity index (χ0n) is 16.7. The lowest BCUT2D eigenvalue weighted by Gasteiger charge is -2.37. The molecule has 2 unspecified atom stereocenters. The molecule has 3 rings (SSSR count). The van der Waals surface area contributed by atoms with Crippen molar-refractivity contribution in [2.24, 2.45) is 5.92 Å². The maximum Gasteiger partial charge on any atom is 0.312 e. The molecule has 2 aromatic rings. The van der Waals surface area contributed by atoms with Gasteiger partial charge in [-0.3, -0.25) is 9.69 Å². The summed E-state index contributed by atoms with van der Waals surface area (Å²) in [7, 11) is 1.36. The first-order chi connectivity index (χ1) is 13.4. The number of likely N-dealkylation sites (tertiary alicyclic amines) is 1. The van der Waals surface area contributed by atoms with E-state index in [-0.39, 0.29) is 23.6 Å². The van der Waals surface area contributed by atoms with Gasteiger partial charge in [-0.25, -0.2) is 4.39 Å². The van der Waals surface area contributed by atoms with Crippen LogP contribution in [0.4, 0.5) is 4.39 Å². The number of esters is 1. The van der Waals surface area contributed by atoms with Crippen molar-refractivity contribution < 1.29 is 19.0 Å². The third-order valence-corrected chi connectivity index (χ3v) is 5.77. The van der Waals surface area contributed by atoms with Crippen LogP contribution in [-0.4, -0.2) is 36.2 Å². The van der Waals surface area contributed by atoms with Gasteiger partial charge < -0.3 is 9.84 Å². The van der Waals surface area contributed by atoms with Crippen LogP contribution < -0.4 is 0 Å². The lowest BCUT2D eigenvalue weighted by molar-refractivity contribution is -0.141. The number of benzene rings is 2. The van der Waals surface area contributed by atoms with E-state index in [0.29, 0.717) is 11.5 Å². The van der Waals surface area contributed by atoms with E-state index in [2.05, 4.69) is 11.8 Å². The van der Waals surface area contributed by atoms with Gasteiger partial charge in [0.05, 0.1) is 19.1 Å². The highest BCUT2D eigenvalue weighted by Crippen LogP contribution is 2.38. The molecule has 0 amide bonds. The van der Waals surface area contributed by atoms with Crippen LogP contribution in [0.5, 0.6) is 5.75 Å². The quantitative estimate of drug-likeness (QED) is 0.763. The zero-order valence-corrected chi connectivity index (χ0v) is 16.7. The molecule has 2 atom stereocenters. The molecule has 1 N–H and O–H groups in total. The minimum absolute atomic E-state index is 0.140. The first-order valence-corrected chi connectivity index (χ1v) is 9.81. The number of phenols is 1. The normalized spacial score (nSPS) is 17.9. The minimum Gasteiger partial charge on any atom is -0.508 e. The maximum absolute atomic E-state index is 13.5. The molecule has 1 heterocycles. The molecule has 2 aromatic carbocycles. The second kappa shape index (κ2) is 8.74. The molecule has 0 bridgehead atoms. The van der Waals surface area contributed by atoms with Crippen LogP contribution in [0.15, 0.2) is 42.5 Å². The number of hydrogen-bond acceptors (Lipinski definition) is 4. The van der Waals surface area contributed by atoms with Crippen molar-refractivity contribution in [3.05, 3.63) is 65.0 Å². The number of rotatable bonds is 5. The average molecular weight is 385 g/mol. The van der Waals surface area contributed by atoms with E-state index in [4.69, 9.17) is 4.74 Å². The second-order valence-electron chi connectivity index (χ2n) is 7.74. The SMILES string of the molecule is COC(=O)C(C)c1ccc(C(c2ccc(F)cc2)N2CCC(C)CC2)c(O)c1. The monoisotopic (exact) mass is 385 g/mol. The molecular weight excluding hydrogens is 357 g/mol. The lowest BCUT2D eigenvalue weighted by Crippen LogP contribution is -2.36. The van der Waals surface area contributed by atoms with E-state index < -0.39 is 5.92 Å². The van der Waals surface area contributed by atoms with Gasteiger partial charge >= 0.3 is 5.97 Å². The summed E-state index contributed by atoms with van der Waals surface area (Å²) in [6, 6.07) is 11.7. The summed E-state index contributed by atoms with van der Waals surface area (Å²) >= 11 is 0. The Hall–Kier alpha value is -2.40. The topological polar surface area (TPSA) is 49.8 Å². The number of halogens is 1. The van der Waals surface area contributed by atoms with Gasteiger partial charge in [-0.05, 0) is 68.1 Å². The molecule has 0 radical (unpaired) electrons. The van der Waals surface area contributed by atoms with E-state index in [9.17, 15) is 14.3 Å². The molecule has 0 saturated carbocycles. The van der Waals surface area contributed by atoms with Crippen molar-refractivity contribution in [2.75, 3.05) is 20.2 Å². The highest BCUT2D eigenvalue weighted by molar-refractivity contribution is 5.77. The molecule has 1 aliphatic rings. The van der Waals surface area contributed by atoms with Crippen molar-refractivity contribution in [1.82, 2.24) is 4.90 Å². The number of nitrogens with zero attached hydrogens (tertiary/aromatic N) is 1. The van der Waals surface area contributed by atoms with E-state index in [0.717, 1.165) is 37.1 Å². The summed E-state index contributed by atoms with van der Waals surface area (Å²) < 4.78 is 18.3.